The highest BCUT2D eigenvalue weighted by molar-refractivity contribution is 5.61. The van der Waals surface area contributed by atoms with Crippen LogP contribution in [0.25, 0.3) is 0 Å². The molecule has 0 saturated heterocycles. The average Bonchev–Trinajstić information content (AvgIpc) is 2.59. The van der Waals surface area contributed by atoms with Gasteiger partial charge in [0.25, 0.3) is 0 Å². The minimum Gasteiger partial charge on any atom is -0.491 e. The molecule has 0 fully saturated rings. The third-order valence-electron chi connectivity index (χ3n) is 3.45. The third kappa shape index (κ3) is 4.67. The Morgan fingerprint density at radius 2 is 1.72 bits per heavy atom. The second kappa shape index (κ2) is 7.61. The van der Waals surface area contributed by atoms with E-state index in [0.29, 0.717) is 11.8 Å². The number of hydrogen-bond donors (Lipinski definition) is 2. The van der Waals surface area contributed by atoms with E-state index in [1.165, 1.54) is 0 Å². The van der Waals surface area contributed by atoms with Crippen molar-refractivity contribution in [1.29, 1.82) is 0 Å². The van der Waals surface area contributed by atoms with Crippen LogP contribution < -0.4 is 15.4 Å². The highest BCUT2D eigenvalue weighted by atomic mass is 16.5. The van der Waals surface area contributed by atoms with Crippen molar-refractivity contribution in [2.45, 2.75) is 26.9 Å². The van der Waals surface area contributed by atoms with Crippen molar-refractivity contribution in [3.05, 3.63) is 60.3 Å². The number of anilines is 4. The highest BCUT2D eigenvalue weighted by Gasteiger charge is 2.04. The quantitative estimate of drug-likeness (QED) is 0.693. The summed E-state index contributed by atoms with van der Waals surface area (Å²) in [6, 6.07) is 15.7. The van der Waals surface area contributed by atoms with Gasteiger partial charge in [-0.2, -0.15) is 10.1 Å². The van der Waals surface area contributed by atoms with Crippen molar-refractivity contribution in [3.8, 4) is 5.75 Å². The summed E-state index contributed by atoms with van der Waals surface area (Å²) in [7, 11) is 0. The first kappa shape index (κ1) is 16.7. The van der Waals surface area contributed by atoms with Gasteiger partial charge in [0.15, 0.2) is 5.82 Å². The van der Waals surface area contributed by atoms with E-state index in [1.54, 1.807) is 6.20 Å². The molecule has 1 aromatic heterocycles. The lowest BCUT2D eigenvalue weighted by molar-refractivity contribution is 0.242. The first-order valence-corrected chi connectivity index (χ1v) is 8.16. The minimum atomic E-state index is 0.153. The van der Waals surface area contributed by atoms with Crippen LogP contribution in [0.2, 0.25) is 0 Å². The van der Waals surface area contributed by atoms with Crippen LogP contribution in [0.4, 0.5) is 23.1 Å². The Hall–Kier alpha value is -3.15. The molecule has 0 aliphatic heterocycles. The molecule has 128 valence electrons. The third-order valence-corrected chi connectivity index (χ3v) is 3.45. The Kier molecular flexibility index (Phi) is 5.09. The Bertz CT molecular complexity index is 833. The van der Waals surface area contributed by atoms with Crippen LogP contribution in [0, 0.1) is 6.92 Å². The van der Waals surface area contributed by atoms with E-state index >= 15 is 0 Å². The first-order chi connectivity index (χ1) is 12.1. The summed E-state index contributed by atoms with van der Waals surface area (Å²) in [4.78, 5) is 4.45. The Morgan fingerprint density at radius 1 is 0.960 bits per heavy atom. The second-order valence-electron chi connectivity index (χ2n) is 5.92. The zero-order valence-corrected chi connectivity index (χ0v) is 14.5. The molecule has 0 amide bonds. The maximum absolute atomic E-state index is 5.64. The Morgan fingerprint density at radius 3 is 2.44 bits per heavy atom. The largest absolute Gasteiger partial charge is 0.491 e. The lowest BCUT2D eigenvalue weighted by Gasteiger charge is -2.11. The standard InChI is InChI=1S/C19H21N5O/c1-13(2)25-16-10-8-15(9-11-16)21-18-12-20-24-19(23-18)22-17-7-5-4-6-14(17)3/h4-13H,1-3H3,(H2,21,22,23,24). The molecular weight excluding hydrogens is 314 g/mol. The van der Waals surface area contributed by atoms with Gasteiger partial charge in [-0.1, -0.05) is 18.2 Å². The van der Waals surface area contributed by atoms with Crippen LogP contribution in [0.15, 0.2) is 54.7 Å². The van der Waals surface area contributed by atoms with E-state index in [4.69, 9.17) is 4.74 Å². The van der Waals surface area contributed by atoms with Crippen molar-refractivity contribution in [2.24, 2.45) is 0 Å². The van der Waals surface area contributed by atoms with E-state index in [-0.39, 0.29) is 6.10 Å². The number of rotatable bonds is 6. The summed E-state index contributed by atoms with van der Waals surface area (Å²) >= 11 is 0. The zero-order valence-electron chi connectivity index (χ0n) is 14.5. The van der Waals surface area contributed by atoms with Crippen LogP contribution in [0.3, 0.4) is 0 Å². The van der Waals surface area contributed by atoms with Gasteiger partial charge in [-0.05, 0) is 56.7 Å². The Labute approximate surface area is 147 Å². The number of aryl methyl sites for hydroxylation is 1. The van der Waals surface area contributed by atoms with Crippen molar-refractivity contribution in [1.82, 2.24) is 15.2 Å². The summed E-state index contributed by atoms with van der Waals surface area (Å²) in [6.45, 7) is 6.03. The number of ether oxygens (including phenoxy) is 1. The van der Waals surface area contributed by atoms with Crippen LogP contribution in [-0.2, 0) is 0 Å². The molecule has 0 spiro atoms. The van der Waals surface area contributed by atoms with Gasteiger partial charge < -0.3 is 15.4 Å². The molecule has 1 heterocycles. The van der Waals surface area contributed by atoms with E-state index < -0.39 is 0 Å². The molecular formula is C19H21N5O. The summed E-state index contributed by atoms with van der Waals surface area (Å²) in [6.07, 6.45) is 1.74. The number of nitrogens with zero attached hydrogens (tertiary/aromatic N) is 3. The lowest BCUT2D eigenvalue weighted by Crippen LogP contribution is -2.05. The van der Waals surface area contributed by atoms with Crippen LogP contribution in [0.1, 0.15) is 19.4 Å². The predicted octanol–water partition coefficient (Wildman–Crippen LogP) is 4.45. The maximum Gasteiger partial charge on any atom is 0.249 e. The number of aromatic nitrogens is 3. The van der Waals surface area contributed by atoms with Crippen molar-refractivity contribution < 1.29 is 4.74 Å². The molecule has 0 saturated carbocycles. The van der Waals surface area contributed by atoms with Gasteiger partial charge >= 0.3 is 0 Å². The highest BCUT2D eigenvalue weighted by Crippen LogP contribution is 2.21. The summed E-state index contributed by atoms with van der Waals surface area (Å²) in [5, 5.41) is 14.4. The maximum atomic E-state index is 5.64. The van der Waals surface area contributed by atoms with E-state index in [9.17, 15) is 0 Å². The first-order valence-electron chi connectivity index (χ1n) is 8.16. The minimum absolute atomic E-state index is 0.153. The molecule has 0 unspecified atom stereocenters. The van der Waals surface area contributed by atoms with Crippen LogP contribution in [-0.4, -0.2) is 21.3 Å². The monoisotopic (exact) mass is 335 g/mol. The number of nitrogens with one attached hydrogen (secondary N) is 2. The fraction of sp³-hybridized carbons (Fsp3) is 0.211. The second-order valence-corrected chi connectivity index (χ2v) is 5.92. The summed E-state index contributed by atoms with van der Waals surface area (Å²) < 4.78 is 5.64. The van der Waals surface area contributed by atoms with Gasteiger partial charge in [-0.3, -0.25) is 0 Å². The van der Waals surface area contributed by atoms with E-state index in [1.807, 2.05) is 69.3 Å². The van der Waals surface area contributed by atoms with Crippen molar-refractivity contribution in [2.75, 3.05) is 10.6 Å². The Balaban J connectivity index is 1.70. The zero-order chi connectivity index (χ0) is 17.6. The fourth-order valence-electron chi connectivity index (χ4n) is 2.29. The lowest BCUT2D eigenvalue weighted by atomic mass is 10.2. The van der Waals surface area contributed by atoms with Crippen molar-refractivity contribution >= 4 is 23.1 Å². The van der Waals surface area contributed by atoms with E-state index in [0.717, 1.165) is 22.7 Å². The van der Waals surface area contributed by atoms with Gasteiger partial charge in [-0.25, -0.2) is 0 Å². The normalized spacial score (nSPS) is 10.6. The SMILES string of the molecule is Cc1ccccc1Nc1nncc(Nc2ccc(OC(C)C)cc2)n1. The summed E-state index contributed by atoms with van der Waals surface area (Å²) in [5.74, 6) is 1.89. The smallest absolute Gasteiger partial charge is 0.249 e. The molecule has 0 aliphatic rings. The predicted molar refractivity (Wildman–Crippen MR) is 99.8 cm³/mol. The van der Waals surface area contributed by atoms with Gasteiger partial charge in [-0.15, -0.1) is 5.10 Å². The molecule has 6 nitrogen and oxygen atoms in total. The van der Waals surface area contributed by atoms with Crippen molar-refractivity contribution in [3.63, 3.8) is 0 Å². The number of benzene rings is 2. The van der Waals surface area contributed by atoms with Gasteiger partial charge in [0.1, 0.15) is 5.75 Å². The number of para-hydroxylation sites is 1. The van der Waals surface area contributed by atoms with Gasteiger partial charge in [0, 0.05) is 11.4 Å². The van der Waals surface area contributed by atoms with E-state index in [2.05, 4.69) is 25.8 Å². The fourth-order valence-corrected chi connectivity index (χ4v) is 2.29. The van der Waals surface area contributed by atoms with Gasteiger partial charge in [0.05, 0.1) is 12.3 Å². The van der Waals surface area contributed by atoms with Crippen LogP contribution >= 0.6 is 0 Å². The molecule has 0 radical (unpaired) electrons. The molecule has 2 N–H and O–H groups in total. The number of hydrogen-bond acceptors (Lipinski definition) is 6. The molecule has 2 aromatic carbocycles. The molecule has 0 aliphatic carbocycles. The van der Waals surface area contributed by atoms with Gasteiger partial charge in [0.2, 0.25) is 5.95 Å². The summed E-state index contributed by atoms with van der Waals surface area (Å²) in [5.41, 5.74) is 2.97. The molecule has 25 heavy (non-hydrogen) atoms. The topological polar surface area (TPSA) is 72.0 Å². The van der Waals surface area contributed by atoms with Crippen LogP contribution in [0.5, 0.6) is 5.75 Å². The molecule has 3 rings (SSSR count). The molecule has 6 heteroatoms. The average molecular weight is 335 g/mol. The molecule has 0 atom stereocenters. The molecule has 0 bridgehead atoms. The molecule has 3 aromatic rings.